The third-order valence-electron chi connectivity index (χ3n) is 2.57. The van der Waals surface area contributed by atoms with Crippen LogP contribution in [-0.4, -0.2) is 9.97 Å². The largest absolute Gasteiger partial charge is 0.325 e. The number of nitrogens with zero attached hydrogens (tertiary/aromatic N) is 2. The van der Waals surface area contributed by atoms with Gasteiger partial charge in [0.2, 0.25) is 0 Å². The summed E-state index contributed by atoms with van der Waals surface area (Å²) < 4.78 is 13.4. The van der Waals surface area contributed by atoms with E-state index in [2.05, 4.69) is 9.97 Å². The van der Waals surface area contributed by atoms with Gasteiger partial charge in [-0.3, -0.25) is 0 Å². The van der Waals surface area contributed by atoms with Crippen LogP contribution in [-0.2, 0) is 6.54 Å². The Morgan fingerprint density at radius 1 is 1.32 bits per heavy atom. The summed E-state index contributed by atoms with van der Waals surface area (Å²) in [5, 5.41) is 3.55. The topological polar surface area (TPSA) is 51.8 Å². The molecule has 0 unspecified atom stereocenters. The molecular weight excluding hydrogens is 281 g/mol. The fourth-order valence-corrected chi connectivity index (χ4v) is 3.40. The van der Waals surface area contributed by atoms with E-state index in [0.717, 1.165) is 26.1 Å². The van der Waals surface area contributed by atoms with E-state index in [1.54, 1.807) is 12.3 Å². The molecule has 96 valence electrons. The van der Waals surface area contributed by atoms with Gasteiger partial charge < -0.3 is 5.73 Å². The van der Waals surface area contributed by atoms with Crippen molar-refractivity contribution in [2.45, 2.75) is 6.54 Å². The van der Waals surface area contributed by atoms with Crippen molar-refractivity contribution in [1.29, 1.82) is 0 Å². The van der Waals surface area contributed by atoms with Crippen LogP contribution in [0.1, 0.15) is 5.01 Å². The van der Waals surface area contributed by atoms with Crippen molar-refractivity contribution in [3.05, 3.63) is 46.7 Å². The van der Waals surface area contributed by atoms with Gasteiger partial charge in [0, 0.05) is 18.1 Å². The van der Waals surface area contributed by atoms with Gasteiger partial charge in [-0.2, -0.15) is 0 Å². The van der Waals surface area contributed by atoms with Gasteiger partial charge in [-0.1, -0.05) is 12.1 Å². The van der Waals surface area contributed by atoms with Crippen LogP contribution in [0.5, 0.6) is 0 Å². The van der Waals surface area contributed by atoms with E-state index in [9.17, 15) is 4.39 Å². The maximum absolute atomic E-state index is 13.4. The van der Waals surface area contributed by atoms with Gasteiger partial charge in [-0.25, -0.2) is 14.4 Å². The standard InChI is InChI=1S/C13H10FN3S2/c14-9-3-1-2-8(6-9)12-11(13-16-4-5-18-13)17-10(7-15)19-12/h1-6H,7,15H2. The molecule has 3 aromatic rings. The second-order valence-electron chi connectivity index (χ2n) is 3.84. The molecule has 0 atom stereocenters. The maximum Gasteiger partial charge on any atom is 0.143 e. The second-order valence-corrected chi connectivity index (χ2v) is 5.82. The molecule has 0 saturated heterocycles. The molecule has 0 aliphatic rings. The van der Waals surface area contributed by atoms with Gasteiger partial charge in [-0.05, 0) is 17.7 Å². The van der Waals surface area contributed by atoms with Crippen LogP contribution in [0.25, 0.3) is 21.1 Å². The molecule has 2 heterocycles. The smallest absolute Gasteiger partial charge is 0.143 e. The third kappa shape index (κ3) is 2.42. The van der Waals surface area contributed by atoms with Gasteiger partial charge in [-0.15, -0.1) is 22.7 Å². The Kier molecular flexibility index (Phi) is 3.37. The van der Waals surface area contributed by atoms with Crippen molar-refractivity contribution in [3.8, 4) is 21.1 Å². The van der Waals surface area contributed by atoms with Crippen molar-refractivity contribution in [1.82, 2.24) is 9.97 Å². The van der Waals surface area contributed by atoms with E-state index in [1.165, 1.54) is 34.8 Å². The molecule has 2 N–H and O–H groups in total. The Labute approximate surface area is 117 Å². The fraction of sp³-hybridized carbons (Fsp3) is 0.0769. The van der Waals surface area contributed by atoms with Gasteiger partial charge in [0.15, 0.2) is 0 Å². The molecule has 0 fully saturated rings. The first-order valence-electron chi connectivity index (χ1n) is 5.63. The van der Waals surface area contributed by atoms with Crippen LogP contribution in [0.15, 0.2) is 35.8 Å². The van der Waals surface area contributed by atoms with Crippen LogP contribution in [0, 0.1) is 5.82 Å². The molecule has 1 aromatic carbocycles. The van der Waals surface area contributed by atoms with E-state index in [4.69, 9.17) is 5.73 Å². The summed E-state index contributed by atoms with van der Waals surface area (Å²) in [6.07, 6.45) is 1.73. The Morgan fingerprint density at radius 2 is 2.21 bits per heavy atom. The fourth-order valence-electron chi connectivity index (χ4n) is 1.76. The number of rotatable bonds is 3. The highest BCUT2D eigenvalue weighted by atomic mass is 32.1. The molecule has 0 spiro atoms. The maximum atomic E-state index is 13.4. The number of aromatic nitrogens is 2. The van der Waals surface area contributed by atoms with E-state index < -0.39 is 0 Å². The summed E-state index contributed by atoms with van der Waals surface area (Å²) in [7, 11) is 0. The molecule has 3 rings (SSSR count). The van der Waals surface area contributed by atoms with E-state index in [1.807, 2.05) is 11.4 Å². The molecule has 0 saturated carbocycles. The molecule has 2 aromatic heterocycles. The van der Waals surface area contributed by atoms with Crippen molar-refractivity contribution < 1.29 is 4.39 Å². The summed E-state index contributed by atoms with van der Waals surface area (Å²) in [6.45, 7) is 0.373. The molecule has 0 bridgehead atoms. The normalized spacial score (nSPS) is 10.8. The quantitative estimate of drug-likeness (QED) is 0.803. The Hall–Kier alpha value is -1.63. The van der Waals surface area contributed by atoms with Crippen molar-refractivity contribution in [2.75, 3.05) is 0 Å². The van der Waals surface area contributed by atoms with Crippen molar-refractivity contribution in [2.24, 2.45) is 5.73 Å². The summed E-state index contributed by atoms with van der Waals surface area (Å²) in [5.41, 5.74) is 7.24. The zero-order valence-corrected chi connectivity index (χ0v) is 11.5. The molecule has 19 heavy (non-hydrogen) atoms. The van der Waals surface area contributed by atoms with Gasteiger partial charge in [0.1, 0.15) is 21.5 Å². The molecule has 0 aliphatic heterocycles. The highest BCUT2D eigenvalue weighted by molar-refractivity contribution is 7.17. The number of nitrogens with two attached hydrogens (primary N) is 1. The number of thiazole rings is 2. The predicted octanol–water partition coefficient (Wildman–Crippen LogP) is 3.53. The van der Waals surface area contributed by atoms with Crippen LogP contribution < -0.4 is 5.73 Å². The van der Waals surface area contributed by atoms with Crippen molar-refractivity contribution >= 4 is 22.7 Å². The highest BCUT2D eigenvalue weighted by Crippen LogP contribution is 2.37. The van der Waals surface area contributed by atoms with Gasteiger partial charge in [0.25, 0.3) is 0 Å². The minimum atomic E-state index is -0.259. The highest BCUT2D eigenvalue weighted by Gasteiger charge is 2.16. The summed E-state index contributed by atoms with van der Waals surface area (Å²) in [4.78, 5) is 9.68. The van der Waals surface area contributed by atoms with Crippen LogP contribution in [0.2, 0.25) is 0 Å². The Balaban J connectivity index is 2.17. The predicted molar refractivity (Wildman–Crippen MR) is 76.5 cm³/mol. The monoisotopic (exact) mass is 291 g/mol. The van der Waals surface area contributed by atoms with E-state index in [-0.39, 0.29) is 5.82 Å². The first-order valence-corrected chi connectivity index (χ1v) is 7.33. The molecular formula is C13H10FN3S2. The first kappa shape index (κ1) is 12.4. The number of benzene rings is 1. The second kappa shape index (κ2) is 5.16. The molecule has 0 amide bonds. The average Bonchev–Trinajstić information content (AvgIpc) is 3.07. The van der Waals surface area contributed by atoms with Crippen LogP contribution in [0.3, 0.4) is 0 Å². The SMILES string of the molecule is NCc1nc(-c2nccs2)c(-c2cccc(F)c2)s1. The van der Waals surface area contributed by atoms with Crippen LogP contribution >= 0.6 is 22.7 Å². The van der Waals surface area contributed by atoms with Crippen LogP contribution in [0.4, 0.5) is 4.39 Å². The third-order valence-corrected chi connectivity index (χ3v) is 4.47. The number of hydrogen-bond donors (Lipinski definition) is 1. The number of hydrogen-bond acceptors (Lipinski definition) is 5. The molecule has 6 heteroatoms. The lowest BCUT2D eigenvalue weighted by molar-refractivity contribution is 0.628. The number of halogens is 1. The summed E-state index contributed by atoms with van der Waals surface area (Å²) in [6, 6.07) is 6.49. The minimum Gasteiger partial charge on any atom is -0.325 e. The lowest BCUT2D eigenvalue weighted by Crippen LogP contribution is -1.94. The lowest BCUT2D eigenvalue weighted by atomic mass is 10.1. The Morgan fingerprint density at radius 3 is 2.89 bits per heavy atom. The van der Waals surface area contributed by atoms with E-state index >= 15 is 0 Å². The lowest BCUT2D eigenvalue weighted by Gasteiger charge is -2.00. The van der Waals surface area contributed by atoms with Gasteiger partial charge >= 0.3 is 0 Å². The minimum absolute atomic E-state index is 0.259. The van der Waals surface area contributed by atoms with Gasteiger partial charge in [0.05, 0.1) is 4.88 Å². The zero-order chi connectivity index (χ0) is 13.2. The molecule has 3 nitrogen and oxygen atoms in total. The summed E-state index contributed by atoms with van der Waals surface area (Å²) in [5.74, 6) is -0.259. The zero-order valence-electron chi connectivity index (χ0n) is 9.84. The molecule has 0 aliphatic carbocycles. The van der Waals surface area contributed by atoms with E-state index in [0.29, 0.717) is 6.54 Å². The molecule has 0 radical (unpaired) electrons. The van der Waals surface area contributed by atoms with Crippen molar-refractivity contribution in [3.63, 3.8) is 0 Å². The average molecular weight is 291 g/mol. The Bertz CT molecular complexity index is 692. The summed E-state index contributed by atoms with van der Waals surface area (Å²) >= 11 is 2.99. The first-order chi connectivity index (χ1) is 9.28.